The minimum absolute atomic E-state index is 0.165. The molecule has 0 bridgehead atoms. The van der Waals surface area contributed by atoms with Gasteiger partial charge in [0.05, 0.1) is 11.1 Å². The van der Waals surface area contributed by atoms with E-state index in [0.29, 0.717) is 24.3 Å². The highest BCUT2D eigenvalue weighted by Gasteiger charge is 2.55. The average molecular weight is 414 g/mol. The van der Waals surface area contributed by atoms with Gasteiger partial charge in [0.25, 0.3) is 0 Å². The lowest BCUT2D eigenvalue weighted by Crippen LogP contribution is -2.67. The smallest absolute Gasteiger partial charge is 0.308 e. The minimum Gasteiger partial charge on any atom is -0.308 e. The van der Waals surface area contributed by atoms with E-state index < -0.39 is 39.3 Å². The van der Waals surface area contributed by atoms with Crippen molar-refractivity contribution in [1.82, 2.24) is 0 Å². The van der Waals surface area contributed by atoms with Gasteiger partial charge >= 0.3 is 28.2 Å². The molecular formula is C16H14F8Si2. The summed E-state index contributed by atoms with van der Waals surface area (Å²) in [6, 6.07) is 6.34. The van der Waals surface area contributed by atoms with Crippen LogP contribution in [-0.4, -0.2) is 15.9 Å². The van der Waals surface area contributed by atoms with Crippen LogP contribution in [0.5, 0.6) is 0 Å². The van der Waals surface area contributed by atoms with Gasteiger partial charge in [-0.1, -0.05) is 48.5 Å². The summed E-state index contributed by atoms with van der Waals surface area (Å²) in [5.41, 5.74) is -1.97. The number of halogens is 8. The van der Waals surface area contributed by atoms with E-state index in [0.717, 1.165) is 37.4 Å². The van der Waals surface area contributed by atoms with Gasteiger partial charge in [0, 0.05) is 0 Å². The summed E-state index contributed by atoms with van der Waals surface area (Å²) in [4.78, 5) is 0. The average Bonchev–Trinajstić information content (AvgIpc) is 2.53. The summed E-state index contributed by atoms with van der Waals surface area (Å²) in [6.07, 6.45) is -9.20. The van der Waals surface area contributed by atoms with Gasteiger partial charge in [-0.2, -0.15) is 26.3 Å². The molecule has 0 unspecified atom stereocenters. The Hall–Kier alpha value is -1.69. The maximum absolute atomic E-state index is 15.4. The Morgan fingerprint density at radius 3 is 0.962 bits per heavy atom. The standard InChI is InChI=1S/C16H14F8Si2/c1-25(23,13-7-3-11(4-8-13)15(17,18)19)26(2,24)14-9-5-12(6-10-14)16(20,21)22/h3-10H,1-2H3/t25-,26+. The van der Waals surface area contributed by atoms with Crippen LogP contribution in [0.4, 0.5) is 34.6 Å². The van der Waals surface area contributed by atoms with Crippen LogP contribution in [0.25, 0.3) is 0 Å². The topological polar surface area (TPSA) is 0 Å². The summed E-state index contributed by atoms with van der Waals surface area (Å²) in [6.45, 7) is 2.05. The lowest BCUT2D eigenvalue weighted by molar-refractivity contribution is -0.138. The molecule has 0 nitrogen and oxygen atoms in total. The van der Waals surface area contributed by atoms with Crippen LogP contribution in [0.1, 0.15) is 11.1 Å². The molecule has 2 rings (SSSR count). The number of hydrogen-bond acceptors (Lipinski definition) is 0. The van der Waals surface area contributed by atoms with E-state index in [4.69, 9.17) is 0 Å². The fourth-order valence-electron chi connectivity index (χ4n) is 2.49. The van der Waals surface area contributed by atoms with E-state index in [1.165, 1.54) is 0 Å². The van der Waals surface area contributed by atoms with Gasteiger partial charge in [-0.15, -0.1) is 0 Å². The first-order valence-corrected chi connectivity index (χ1v) is 13.2. The minimum atomic E-state index is -4.60. The quantitative estimate of drug-likeness (QED) is 0.377. The predicted octanol–water partition coefficient (Wildman–Crippen LogP) is 5.01. The van der Waals surface area contributed by atoms with Crippen molar-refractivity contribution in [3.63, 3.8) is 0 Å². The highest BCUT2D eigenvalue weighted by molar-refractivity contribution is 7.45. The molecule has 0 radical (unpaired) electrons. The maximum Gasteiger partial charge on any atom is 0.416 e. The summed E-state index contributed by atoms with van der Waals surface area (Å²) >= 11 is 0. The first kappa shape index (κ1) is 20.6. The highest BCUT2D eigenvalue weighted by atomic mass is 29.3. The first-order chi connectivity index (χ1) is 11.7. The van der Waals surface area contributed by atoms with Gasteiger partial charge in [0.1, 0.15) is 0 Å². The zero-order valence-electron chi connectivity index (χ0n) is 13.6. The van der Waals surface area contributed by atoms with Gasteiger partial charge in [-0.3, -0.25) is 0 Å². The van der Waals surface area contributed by atoms with Gasteiger partial charge in [-0.05, 0) is 23.5 Å². The summed E-state index contributed by atoms with van der Waals surface area (Å²) in [5.74, 6) is 0. The fraction of sp³-hybridized carbons (Fsp3) is 0.250. The largest absolute Gasteiger partial charge is 0.416 e. The third-order valence-electron chi connectivity index (χ3n) is 4.39. The Morgan fingerprint density at radius 1 is 0.538 bits per heavy atom. The fourth-order valence-corrected chi connectivity index (χ4v) is 9.41. The zero-order valence-corrected chi connectivity index (χ0v) is 15.6. The van der Waals surface area contributed by atoms with Crippen LogP contribution >= 0.6 is 0 Å². The van der Waals surface area contributed by atoms with E-state index in [-0.39, 0.29) is 10.4 Å². The first-order valence-electron chi connectivity index (χ1n) is 7.40. The van der Waals surface area contributed by atoms with Gasteiger partial charge in [0.2, 0.25) is 0 Å². The molecule has 2 aromatic carbocycles. The van der Waals surface area contributed by atoms with Crippen molar-refractivity contribution in [2.24, 2.45) is 0 Å². The third-order valence-corrected chi connectivity index (χ3v) is 16.0. The molecule has 0 amide bonds. The molecule has 0 saturated carbocycles. The molecule has 2 aromatic rings. The molecule has 0 heterocycles. The number of alkyl halides is 6. The number of rotatable bonds is 3. The van der Waals surface area contributed by atoms with Gasteiger partial charge < -0.3 is 8.22 Å². The molecule has 0 fully saturated rings. The molecule has 26 heavy (non-hydrogen) atoms. The van der Waals surface area contributed by atoms with Crippen molar-refractivity contribution in [1.29, 1.82) is 0 Å². The monoisotopic (exact) mass is 414 g/mol. The summed E-state index contributed by atoms with van der Waals surface area (Å²) in [5, 5.41) is -0.330. The second kappa shape index (κ2) is 6.48. The molecule has 0 aliphatic heterocycles. The molecule has 0 spiro atoms. The van der Waals surface area contributed by atoms with Gasteiger partial charge in [0.15, 0.2) is 0 Å². The molecule has 0 saturated heterocycles. The van der Waals surface area contributed by atoms with Crippen molar-refractivity contribution in [3.05, 3.63) is 59.7 Å². The molecule has 0 aliphatic carbocycles. The number of hydrogen-bond donors (Lipinski definition) is 0. The van der Waals surface area contributed by atoms with Crippen molar-refractivity contribution >= 4 is 26.2 Å². The Balaban J connectivity index is 2.40. The lowest BCUT2D eigenvalue weighted by atomic mass is 10.2. The van der Waals surface area contributed by atoms with Crippen molar-refractivity contribution in [2.45, 2.75) is 25.4 Å². The Labute approximate surface area is 146 Å². The summed E-state index contributed by atoms with van der Waals surface area (Å²) in [7, 11) is -8.74. The maximum atomic E-state index is 15.4. The van der Waals surface area contributed by atoms with Crippen LogP contribution in [-0.2, 0) is 12.4 Å². The van der Waals surface area contributed by atoms with Crippen molar-refractivity contribution in [2.75, 3.05) is 0 Å². The summed E-state index contributed by atoms with van der Waals surface area (Å²) < 4.78 is 106. The van der Waals surface area contributed by atoms with E-state index in [9.17, 15) is 26.3 Å². The second-order valence-electron chi connectivity index (χ2n) is 6.16. The molecule has 142 valence electrons. The van der Waals surface area contributed by atoms with E-state index in [1.54, 1.807) is 0 Å². The van der Waals surface area contributed by atoms with E-state index in [1.807, 2.05) is 0 Å². The van der Waals surface area contributed by atoms with Crippen molar-refractivity contribution < 1.29 is 34.6 Å². The Bertz CT molecular complexity index is 691. The molecule has 10 heteroatoms. The predicted molar refractivity (Wildman–Crippen MR) is 87.6 cm³/mol. The Kier molecular flexibility index (Phi) is 5.14. The molecule has 0 N–H and O–H groups in total. The zero-order chi connectivity index (χ0) is 20.0. The van der Waals surface area contributed by atoms with Crippen LogP contribution < -0.4 is 10.4 Å². The van der Waals surface area contributed by atoms with Crippen molar-refractivity contribution in [3.8, 4) is 0 Å². The number of benzene rings is 2. The molecular weight excluding hydrogens is 400 g/mol. The van der Waals surface area contributed by atoms with Crippen LogP contribution in [0.2, 0.25) is 13.1 Å². The Morgan fingerprint density at radius 2 is 0.769 bits per heavy atom. The lowest BCUT2D eigenvalue weighted by Gasteiger charge is -2.30. The highest BCUT2D eigenvalue weighted by Crippen LogP contribution is 2.31. The molecule has 2 atom stereocenters. The van der Waals surface area contributed by atoms with E-state index >= 15 is 8.22 Å². The van der Waals surface area contributed by atoms with Crippen LogP contribution in [0.3, 0.4) is 0 Å². The van der Waals surface area contributed by atoms with Crippen LogP contribution in [0.15, 0.2) is 48.5 Å². The van der Waals surface area contributed by atoms with E-state index in [2.05, 4.69) is 0 Å². The second-order valence-corrected chi connectivity index (χ2v) is 17.0. The SMILES string of the molecule is C[Si@](F)(c1ccc(C(F)(F)F)cc1)[Si@](C)(F)c1ccc(C(F)(F)F)cc1. The van der Waals surface area contributed by atoms with Gasteiger partial charge in [-0.25, -0.2) is 0 Å². The molecule has 0 aliphatic rings. The molecule has 0 aromatic heterocycles. The third kappa shape index (κ3) is 3.85. The normalized spacial score (nSPS) is 17.5. The van der Waals surface area contributed by atoms with Crippen LogP contribution in [0, 0.1) is 0 Å².